The van der Waals surface area contributed by atoms with Crippen molar-refractivity contribution in [3.05, 3.63) is 59.7 Å². The number of hydrogen-bond acceptors (Lipinski definition) is 5. The van der Waals surface area contributed by atoms with Crippen LogP contribution in [-0.2, 0) is 19.1 Å². The van der Waals surface area contributed by atoms with Crippen LogP contribution in [0.15, 0.2) is 48.5 Å². The van der Waals surface area contributed by atoms with Gasteiger partial charge in [-0.3, -0.25) is 9.59 Å². The van der Waals surface area contributed by atoms with Crippen molar-refractivity contribution in [1.82, 2.24) is 10.2 Å². The zero-order chi connectivity index (χ0) is 22.0. The van der Waals surface area contributed by atoms with Crippen molar-refractivity contribution in [3.8, 4) is 11.1 Å². The van der Waals surface area contributed by atoms with Gasteiger partial charge in [0, 0.05) is 13.0 Å². The van der Waals surface area contributed by atoms with E-state index in [0.717, 1.165) is 27.2 Å². The lowest BCUT2D eigenvalue weighted by atomic mass is 9.98. The number of likely N-dealkylation sites (N-methyl/N-ethyl adjacent to an activating group) is 1. The van der Waals surface area contributed by atoms with Gasteiger partial charge in [-0.2, -0.15) is 0 Å². The fraction of sp³-hybridized carbons (Fsp3) is 0.348. The number of carboxylic acids is 1. The van der Waals surface area contributed by atoms with E-state index in [1.54, 1.807) is 0 Å². The number of rotatable bonds is 6. The maximum Gasteiger partial charge on any atom is 0.407 e. The van der Waals surface area contributed by atoms with Crippen LogP contribution in [0.5, 0.6) is 0 Å². The second-order valence-electron chi connectivity index (χ2n) is 7.81. The molecule has 1 aliphatic carbocycles. The molecule has 31 heavy (non-hydrogen) atoms. The van der Waals surface area contributed by atoms with Crippen molar-refractivity contribution in [1.29, 1.82) is 0 Å². The van der Waals surface area contributed by atoms with Crippen LogP contribution < -0.4 is 5.32 Å². The standard InChI is InChI=1S/C23H24N2O6/c1-25(10-21(26)27)22(28)19-11-30-13-20(19)24-23(29)31-12-18-16-8-4-2-6-14(16)15-7-3-5-9-17(15)18/h2-9,18-20H,10-13H2,1H3,(H,24,29)(H,26,27). The highest BCUT2D eigenvalue weighted by atomic mass is 16.5. The Balaban J connectivity index is 1.38. The van der Waals surface area contributed by atoms with Gasteiger partial charge in [0.1, 0.15) is 13.2 Å². The van der Waals surface area contributed by atoms with Crippen LogP contribution in [0.4, 0.5) is 4.79 Å². The summed E-state index contributed by atoms with van der Waals surface area (Å²) in [5.74, 6) is -2.19. The molecule has 4 rings (SSSR count). The van der Waals surface area contributed by atoms with Gasteiger partial charge in [-0.15, -0.1) is 0 Å². The van der Waals surface area contributed by atoms with Crippen molar-refractivity contribution in [2.75, 3.05) is 33.4 Å². The van der Waals surface area contributed by atoms with Gasteiger partial charge in [0.25, 0.3) is 0 Å². The van der Waals surface area contributed by atoms with Gasteiger partial charge in [-0.25, -0.2) is 4.79 Å². The molecule has 2 N–H and O–H groups in total. The third kappa shape index (κ3) is 4.25. The van der Waals surface area contributed by atoms with Gasteiger partial charge in [-0.05, 0) is 22.3 Å². The van der Waals surface area contributed by atoms with Gasteiger partial charge in [-0.1, -0.05) is 48.5 Å². The number of carbonyl (C=O) groups excluding carboxylic acids is 2. The number of carbonyl (C=O) groups is 3. The van der Waals surface area contributed by atoms with E-state index < -0.39 is 30.6 Å². The van der Waals surface area contributed by atoms with E-state index in [-0.39, 0.29) is 31.6 Å². The van der Waals surface area contributed by atoms with Gasteiger partial charge >= 0.3 is 12.1 Å². The van der Waals surface area contributed by atoms with Crippen molar-refractivity contribution in [3.63, 3.8) is 0 Å². The lowest BCUT2D eigenvalue weighted by Crippen LogP contribution is -2.47. The molecule has 1 aliphatic heterocycles. The van der Waals surface area contributed by atoms with Crippen molar-refractivity contribution in [2.24, 2.45) is 5.92 Å². The topological polar surface area (TPSA) is 105 Å². The van der Waals surface area contributed by atoms with E-state index in [1.807, 2.05) is 36.4 Å². The molecule has 2 aliphatic rings. The van der Waals surface area contributed by atoms with Crippen molar-refractivity contribution in [2.45, 2.75) is 12.0 Å². The van der Waals surface area contributed by atoms with Crippen LogP contribution in [0.25, 0.3) is 11.1 Å². The molecule has 2 amide bonds. The Kier molecular flexibility index (Phi) is 5.90. The summed E-state index contributed by atoms with van der Waals surface area (Å²) < 4.78 is 10.9. The number of fused-ring (bicyclic) bond motifs is 3. The second kappa shape index (κ2) is 8.77. The molecule has 0 aromatic heterocycles. The van der Waals surface area contributed by atoms with Crippen LogP contribution in [0.3, 0.4) is 0 Å². The molecule has 0 bridgehead atoms. The number of alkyl carbamates (subject to hydrolysis) is 1. The highest BCUT2D eigenvalue weighted by molar-refractivity contribution is 5.84. The smallest absolute Gasteiger partial charge is 0.407 e. The van der Waals surface area contributed by atoms with Crippen LogP contribution in [0.2, 0.25) is 0 Å². The summed E-state index contributed by atoms with van der Waals surface area (Å²) in [7, 11) is 1.42. The van der Waals surface area contributed by atoms with Crippen LogP contribution in [-0.4, -0.2) is 67.4 Å². The Morgan fingerprint density at radius 2 is 1.68 bits per heavy atom. The zero-order valence-electron chi connectivity index (χ0n) is 17.1. The summed E-state index contributed by atoms with van der Waals surface area (Å²) in [6.45, 7) is 0.0522. The number of benzene rings is 2. The summed E-state index contributed by atoms with van der Waals surface area (Å²) in [4.78, 5) is 37.0. The molecule has 1 saturated heterocycles. The van der Waals surface area contributed by atoms with Gasteiger partial charge < -0.3 is 24.8 Å². The quantitative estimate of drug-likeness (QED) is 0.736. The molecular weight excluding hydrogens is 400 g/mol. The highest BCUT2D eigenvalue weighted by Gasteiger charge is 2.38. The fourth-order valence-corrected chi connectivity index (χ4v) is 4.30. The van der Waals surface area contributed by atoms with E-state index in [0.29, 0.717) is 0 Å². The SMILES string of the molecule is CN(CC(=O)O)C(=O)C1COCC1NC(=O)OCC1c2ccccc2-c2ccccc21. The maximum atomic E-state index is 12.5. The molecule has 8 nitrogen and oxygen atoms in total. The predicted molar refractivity (Wildman–Crippen MR) is 112 cm³/mol. The number of ether oxygens (including phenoxy) is 2. The predicted octanol–water partition coefficient (Wildman–Crippen LogP) is 2.08. The average molecular weight is 424 g/mol. The Morgan fingerprint density at radius 3 is 2.29 bits per heavy atom. The highest BCUT2D eigenvalue weighted by Crippen LogP contribution is 2.44. The molecule has 0 saturated carbocycles. The molecule has 1 fully saturated rings. The molecule has 2 unspecified atom stereocenters. The number of nitrogens with zero attached hydrogens (tertiary/aromatic N) is 1. The third-order valence-corrected chi connectivity index (χ3v) is 5.79. The lowest BCUT2D eigenvalue weighted by molar-refractivity contribution is -0.145. The van der Waals surface area contributed by atoms with Crippen molar-refractivity contribution < 1.29 is 29.0 Å². The minimum absolute atomic E-state index is 0.0582. The van der Waals surface area contributed by atoms with Crippen molar-refractivity contribution >= 4 is 18.0 Å². The first-order chi connectivity index (χ1) is 15.0. The first kappa shape index (κ1) is 20.9. The zero-order valence-corrected chi connectivity index (χ0v) is 17.1. The molecule has 0 spiro atoms. The maximum absolute atomic E-state index is 12.5. The van der Waals surface area contributed by atoms with Crippen LogP contribution in [0.1, 0.15) is 17.0 Å². The van der Waals surface area contributed by atoms with Crippen LogP contribution in [0, 0.1) is 5.92 Å². The second-order valence-corrected chi connectivity index (χ2v) is 7.81. The molecule has 8 heteroatoms. The largest absolute Gasteiger partial charge is 0.480 e. The summed E-state index contributed by atoms with van der Waals surface area (Å²) in [6.07, 6.45) is -0.629. The molecule has 1 heterocycles. The molecule has 2 atom stereocenters. The van der Waals surface area contributed by atoms with E-state index in [9.17, 15) is 14.4 Å². The van der Waals surface area contributed by atoms with E-state index in [1.165, 1.54) is 7.05 Å². The molecular formula is C23H24N2O6. The average Bonchev–Trinajstić information content (AvgIpc) is 3.33. The Labute approximate surface area is 179 Å². The van der Waals surface area contributed by atoms with Gasteiger partial charge in [0.05, 0.1) is 25.2 Å². The summed E-state index contributed by atoms with van der Waals surface area (Å²) >= 11 is 0. The molecule has 2 aromatic rings. The first-order valence-electron chi connectivity index (χ1n) is 10.1. The summed E-state index contributed by atoms with van der Waals surface area (Å²) in [5, 5.41) is 11.6. The number of aliphatic carboxylic acids is 1. The van der Waals surface area contributed by atoms with Gasteiger partial charge in [0.15, 0.2) is 0 Å². The number of nitrogens with one attached hydrogen (secondary N) is 1. The number of amides is 2. The number of hydrogen-bond donors (Lipinski definition) is 2. The Morgan fingerprint density at radius 1 is 1.06 bits per heavy atom. The fourth-order valence-electron chi connectivity index (χ4n) is 4.30. The molecule has 162 valence electrons. The van der Waals surface area contributed by atoms with E-state index in [2.05, 4.69) is 17.4 Å². The third-order valence-electron chi connectivity index (χ3n) is 5.79. The minimum atomic E-state index is -1.10. The Bertz CT molecular complexity index is 962. The van der Waals surface area contributed by atoms with E-state index in [4.69, 9.17) is 14.6 Å². The molecule has 0 radical (unpaired) electrons. The van der Waals surface area contributed by atoms with Crippen LogP contribution >= 0.6 is 0 Å². The number of carboxylic acid groups (broad SMARTS) is 1. The minimum Gasteiger partial charge on any atom is -0.480 e. The Hall–Kier alpha value is -3.39. The van der Waals surface area contributed by atoms with Gasteiger partial charge in [0.2, 0.25) is 5.91 Å². The lowest BCUT2D eigenvalue weighted by Gasteiger charge is -2.23. The first-order valence-corrected chi connectivity index (χ1v) is 10.1. The monoisotopic (exact) mass is 424 g/mol. The molecule has 2 aromatic carbocycles. The summed E-state index contributed by atoms with van der Waals surface area (Å²) in [6, 6.07) is 15.6. The normalized spacial score (nSPS) is 19.4. The summed E-state index contributed by atoms with van der Waals surface area (Å²) in [5.41, 5.74) is 4.51. The van der Waals surface area contributed by atoms with E-state index >= 15 is 0 Å².